The van der Waals surface area contributed by atoms with Gasteiger partial charge in [0.2, 0.25) is 0 Å². The van der Waals surface area contributed by atoms with Crippen LogP contribution >= 0.6 is 11.6 Å². The lowest BCUT2D eigenvalue weighted by atomic mass is 9.98. The van der Waals surface area contributed by atoms with Crippen molar-refractivity contribution in [2.45, 2.75) is 18.7 Å². The monoisotopic (exact) mass is 301 g/mol. The Morgan fingerprint density at radius 2 is 2.00 bits per heavy atom. The SMILES string of the molecule is OC(Cc1cccc(Cl)c1)c1cnccc1C(F)(F)F. The topological polar surface area (TPSA) is 33.1 Å². The summed E-state index contributed by atoms with van der Waals surface area (Å²) in [4.78, 5) is 3.65. The summed E-state index contributed by atoms with van der Waals surface area (Å²) in [7, 11) is 0. The molecular weight excluding hydrogens is 291 g/mol. The number of pyridine rings is 1. The number of benzene rings is 1. The zero-order valence-electron chi connectivity index (χ0n) is 10.2. The van der Waals surface area contributed by atoms with Crippen molar-refractivity contribution in [1.29, 1.82) is 0 Å². The van der Waals surface area contributed by atoms with E-state index in [4.69, 9.17) is 11.6 Å². The minimum atomic E-state index is -4.52. The molecule has 0 saturated carbocycles. The molecule has 1 N–H and O–H groups in total. The Hall–Kier alpha value is -1.59. The van der Waals surface area contributed by atoms with Gasteiger partial charge in [-0.25, -0.2) is 0 Å². The Kier molecular flexibility index (Phi) is 4.30. The third kappa shape index (κ3) is 3.49. The second-order valence-electron chi connectivity index (χ2n) is 4.31. The molecule has 0 aliphatic heterocycles. The number of nitrogens with zero attached hydrogens (tertiary/aromatic N) is 1. The van der Waals surface area contributed by atoms with Crippen LogP contribution in [0.4, 0.5) is 13.2 Å². The van der Waals surface area contributed by atoms with Crippen LogP contribution in [0.3, 0.4) is 0 Å². The highest BCUT2D eigenvalue weighted by atomic mass is 35.5. The lowest BCUT2D eigenvalue weighted by Gasteiger charge is -2.17. The summed E-state index contributed by atoms with van der Waals surface area (Å²) in [5.74, 6) is 0. The quantitative estimate of drug-likeness (QED) is 0.928. The minimum Gasteiger partial charge on any atom is -0.388 e. The Morgan fingerprint density at radius 3 is 2.65 bits per heavy atom. The third-order valence-corrected chi connectivity index (χ3v) is 3.07. The first kappa shape index (κ1) is 14.8. The van der Waals surface area contributed by atoms with Crippen LogP contribution in [0.25, 0.3) is 0 Å². The smallest absolute Gasteiger partial charge is 0.388 e. The molecule has 0 amide bonds. The van der Waals surface area contributed by atoms with Crippen LogP contribution in [-0.2, 0) is 12.6 Å². The molecule has 1 heterocycles. The first-order chi connectivity index (χ1) is 9.38. The van der Waals surface area contributed by atoms with Gasteiger partial charge in [-0.15, -0.1) is 0 Å². The highest BCUT2D eigenvalue weighted by Crippen LogP contribution is 2.35. The highest BCUT2D eigenvalue weighted by molar-refractivity contribution is 6.30. The van der Waals surface area contributed by atoms with Gasteiger partial charge in [0.05, 0.1) is 11.7 Å². The Labute approximate surface area is 118 Å². The zero-order chi connectivity index (χ0) is 14.8. The first-order valence-electron chi connectivity index (χ1n) is 5.81. The Bertz CT molecular complexity index is 601. The summed E-state index contributed by atoms with van der Waals surface area (Å²) in [6.07, 6.45) is -3.68. The predicted molar refractivity (Wildman–Crippen MR) is 69.4 cm³/mol. The number of alkyl halides is 3. The minimum absolute atomic E-state index is 0.0370. The molecule has 0 fully saturated rings. The van der Waals surface area contributed by atoms with Gasteiger partial charge in [-0.2, -0.15) is 13.2 Å². The van der Waals surface area contributed by atoms with Crippen LogP contribution in [0.5, 0.6) is 0 Å². The van der Waals surface area contributed by atoms with Gasteiger partial charge in [-0.1, -0.05) is 23.7 Å². The maximum Gasteiger partial charge on any atom is 0.416 e. The lowest BCUT2D eigenvalue weighted by Crippen LogP contribution is -2.13. The normalized spacial score (nSPS) is 13.2. The molecule has 0 radical (unpaired) electrons. The predicted octanol–water partition coefficient (Wildman–Crippen LogP) is 4.03. The fourth-order valence-corrected chi connectivity index (χ4v) is 2.14. The Balaban J connectivity index is 2.28. The maximum atomic E-state index is 12.9. The van der Waals surface area contributed by atoms with E-state index in [2.05, 4.69) is 4.98 Å². The van der Waals surface area contributed by atoms with Crippen LogP contribution < -0.4 is 0 Å². The maximum absolute atomic E-state index is 12.9. The number of hydrogen-bond acceptors (Lipinski definition) is 2. The van der Waals surface area contributed by atoms with E-state index in [1.54, 1.807) is 24.3 Å². The van der Waals surface area contributed by atoms with Crippen LogP contribution in [0.15, 0.2) is 42.7 Å². The van der Waals surface area contributed by atoms with Gasteiger partial charge in [0.25, 0.3) is 0 Å². The number of aliphatic hydroxyl groups excluding tert-OH is 1. The summed E-state index contributed by atoms with van der Waals surface area (Å²) in [6.45, 7) is 0. The molecule has 2 aromatic rings. The van der Waals surface area contributed by atoms with Gasteiger partial charge in [-0.3, -0.25) is 4.98 Å². The summed E-state index contributed by atoms with van der Waals surface area (Å²) in [5, 5.41) is 10.5. The van der Waals surface area contributed by atoms with Crippen LogP contribution in [0.2, 0.25) is 5.02 Å². The summed E-state index contributed by atoms with van der Waals surface area (Å²) in [5.41, 5.74) is -0.455. The summed E-state index contributed by atoms with van der Waals surface area (Å²) in [6, 6.07) is 7.49. The van der Waals surface area contributed by atoms with E-state index in [0.717, 1.165) is 18.5 Å². The molecule has 2 rings (SSSR count). The summed E-state index contributed by atoms with van der Waals surface area (Å²) < 4.78 is 38.6. The van der Waals surface area contributed by atoms with Crippen molar-refractivity contribution in [3.05, 3.63) is 64.4 Å². The molecule has 1 atom stereocenters. The van der Waals surface area contributed by atoms with Gasteiger partial charge in [0.1, 0.15) is 0 Å². The molecule has 1 aromatic heterocycles. The molecule has 2 nitrogen and oxygen atoms in total. The molecular formula is C14H11ClF3NO. The van der Waals surface area contributed by atoms with E-state index >= 15 is 0 Å². The van der Waals surface area contributed by atoms with Gasteiger partial charge in [0.15, 0.2) is 0 Å². The fourth-order valence-electron chi connectivity index (χ4n) is 1.93. The largest absolute Gasteiger partial charge is 0.416 e. The average Bonchev–Trinajstić information content (AvgIpc) is 2.37. The second kappa shape index (κ2) is 5.81. The third-order valence-electron chi connectivity index (χ3n) is 2.83. The van der Waals surface area contributed by atoms with Crippen LogP contribution in [0, 0.1) is 0 Å². The lowest BCUT2D eigenvalue weighted by molar-refractivity contribution is -0.139. The van der Waals surface area contributed by atoms with Gasteiger partial charge in [0, 0.05) is 29.4 Å². The van der Waals surface area contributed by atoms with Crippen LogP contribution in [0.1, 0.15) is 22.8 Å². The van der Waals surface area contributed by atoms with Crippen molar-refractivity contribution in [2.75, 3.05) is 0 Å². The van der Waals surface area contributed by atoms with Gasteiger partial charge >= 0.3 is 6.18 Å². The number of aromatic nitrogens is 1. The molecule has 0 aliphatic carbocycles. The molecule has 1 aromatic carbocycles. The van der Waals surface area contributed by atoms with Gasteiger partial charge < -0.3 is 5.11 Å². The Morgan fingerprint density at radius 1 is 1.25 bits per heavy atom. The van der Waals surface area contributed by atoms with Crippen molar-refractivity contribution in [3.8, 4) is 0 Å². The van der Waals surface area contributed by atoms with Crippen LogP contribution in [-0.4, -0.2) is 10.1 Å². The summed E-state index contributed by atoms with van der Waals surface area (Å²) >= 11 is 5.80. The van der Waals surface area contributed by atoms with Crippen molar-refractivity contribution >= 4 is 11.6 Å². The highest BCUT2D eigenvalue weighted by Gasteiger charge is 2.34. The number of rotatable bonds is 3. The fraction of sp³-hybridized carbons (Fsp3) is 0.214. The molecule has 0 bridgehead atoms. The average molecular weight is 302 g/mol. The molecule has 6 heteroatoms. The molecule has 0 aliphatic rings. The van der Waals surface area contributed by atoms with E-state index in [1.165, 1.54) is 0 Å². The standard InChI is InChI=1S/C14H11ClF3NO/c15-10-3-1-2-9(6-10)7-13(20)11-8-19-5-4-12(11)14(16,17)18/h1-6,8,13,20H,7H2. The van der Waals surface area contributed by atoms with Crippen molar-refractivity contribution in [2.24, 2.45) is 0 Å². The van der Waals surface area contributed by atoms with E-state index in [1.807, 2.05) is 0 Å². The number of halogens is 4. The van der Waals surface area contributed by atoms with Crippen molar-refractivity contribution in [3.63, 3.8) is 0 Å². The molecule has 20 heavy (non-hydrogen) atoms. The second-order valence-corrected chi connectivity index (χ2v) is 4.75. The molecule has 0 spiro atoms. The van der Waals surface area contributed by atoms with Crippen molar-refractivity contribution < 1.29 is 18.3 Å². The van der Waals surface area contributed by atoms with E-state index in [9.17, 15) is 18.3 Å². The number of hydrogen-bond donors (Lipinski definition) is 1. The zero-order valence-corrected chi connectivity index (χ0v) is 11.0. The van der Waals surface area contributed by atoms with E-state index in [0.29, 0.717) is 10.6 Å². The van der Waals surface area contributed by atoms with E-state index < -0.39 is 17.8 Å². The van der Waals surface area contributed by atoms with Gasteiger partial charge in [-0.05, 0) is 23.8 Å². The first-order valence-corrected chi connectivity index (χ1v) is 6.19. The molecule has 0 saturated heterocycles. The molecule has 106 valence electrons. The van der Waals surface area contributed by atoms with E-state index in [-0.39, 0.29) is 12.0 Å². The number of aliphatic hydroxyl groups is 1. The molecule has 1 unspecified atom stereocenters. The van der Waals surface area contributed by atoms with Crippen molar-refractivity contribution in [1.82, 2.24) is 4.98 Å².